The largest absolute Gasteiger partial charge is 0.505 e. The van der Waals surface area contributed by atoms with Crippen molar-refractivity contribution in [3.63, 3.8) is 0 Å². The van der Waals surface area contributed by atoms with Gasteiger partial charge in [-0.15, -0.1) is 0 Å². The first-order valence-corrected chi connectivity index (χ1v) is 6.71. The van der Waals surface area contributed by atoms with Crippen LogP contribution >= 0.6 is 0 Å². The van der Waals surface area contributed by atoms with Gasteiger partial charge in [0, 0.05) is 12.3 Å². The van der Waals surface area contributed by atoms with Crippen LogP contribution in [0.5, 0.6) is 5.75 Å². The monoisotopic (exact) mass is 296 g/mol. The van der Waals surface area contributed by atoms with Gasteiger partial charge >= 0.3 is 0 Å². The van der Waals surface area contributed by atoms with Gasteiger partial charge in [-0.3, -0.25) is 14.4 Å². The smallest absolute Gasteiger partial charge is 0.228 e. The Labute approximate surface area is 126 Å². The molecule has 0 bridgehead atoms. The molecule has 0 aliphatic heterocycles. The number of aliphatic imine (C=N–C) groups is 1. The summed E-state index contributed by atoms with van der Waals surface area (Å²) in [7, 11) is 0. The van der Waals surface area contributed by atoms with Crippen LogP contribution in [-0.2, 0) is 0 Å². The lowest BCUT2D eigenvalue weighted by Crippen LogP contribution is -2.08. The fraction of sp³-hybridized carbons (Fsp3) is 0.0588. The Morgan fingerprint density at radius 1 is 1.18 bits per heavy atom. The van der Waals surface area contributed by atoms with Crippen molar-refractivity contribution in [2.24, 2.45) is 4.99 Å². The first-order valence-electron chi connectivity index (χ1n) is 6.71. The maximum Gasteiger partial charge on any atom is 0.228 e. The van der Waals surface area contributed by atoms with Crippen LogP contribution in [0.4, 0.5) is 10.1 Å². The van der Waals surface area contributed by atoms with Crippen molar-refractivity contribution in [3.05, 3.63) is 60.0 Å². The number of nitrogens with zero attached hydrogens (tertiary/aromatic N) is 2. The Balaban J connectivity index is 2.13. The highest BCUT2D eigenvalue weighted by Gasteiger charge is 2.17. The van der Waals surface area contributed by atoms with Crippen molar-refractivity contribution in [1.82, 2.24) is 4.57 Å². The number of fused-ring (bicyclic) bond motifs is 1. The summed E-state index contributed by atoms with van der Waals surface area (Å²) >= 11 is 0. The summed E-state index contributed by atoms with van der Waals surface area (Å²) in [5.41, 5.74) is 1.45. The van der Waals surface area contributed by atoms with Crippen molar-refractivity contribution < 1.29 is 14.3 Å². The van der Waals surface area contributed by atoms with Crippen LogP contribution in [-0.4, -0.2) is 21.8 Å². The van der Waals surface area contributed by atoms with Gasteiger partial charge in [0.1, 0.15) is 11.5 Å². The molecule has 4 nitrogen and oxygen atoms in total. The maximum atomic E-state index is 12.9. The summed E-state index contributed by atoms with van der Waals surface area (Å²) in [5, 5.41) is 10.9. The molecule has 0 amide bonds. The predicted octanol–water partition coefficient (Wildman–Crippen LogP) is 3.90. The number of carbonyl (C=O) groups is 1. The fourth-order valence-electron chi connectivity index (χ4n) is 2.36. The minimum absolute atomic E-state index is 0.00309. The quantitative estimate of drug-likeness (QED) is 0.729. The number of carbonyl (C=O) groups excluding carboxylic acids is 1. The number of benzene rings is 2. The van der Waals surface area contributed by atoms with E-state index in [4.69, 9.17) is 0 Å². The van der Waals surface area contributed by atoms with Gasteiger partial charge in [-0.05, 0) is 36.4 Å². The van der Waals surface area contributed by atoms with Gasteiger partial charge in [-0.25, -0.2) is 4.39 Å². The van der Waals surface area contributed by atoms with Gasteiger partial charge in [0.25, 0.3) is 0 Å². The highest BCUT2D eigenvalue weighted by Crippen LogP contribution is 2.31. The van der Waals surface area contributed by atoms with E-state index in [0.29, 0.717) is 22.3 Å². The molecule has 0 fully saturated rings. The van der Waals surface area contributed by atoms with Gasteiger partial charge in [0.15, 0.2) is 5.75 Å². The molecule has 1 aromatic heterocycles. The average molecular weight is 296 g/mol. The van der Waals surface area contributed by atoms with E-state index in [9.17, 15) is 14.3 Å². The Bertz CT molecular complexity index is 880. The van der Waals surface area contributed by atoms with E-state index >= 15 is 0 Å². The Morgan fingerprint density at radius 3 is 2.55 bits per heavy atom. The van der Waals surface area contributed by atoms with Crippen molar-refractivity contribution in [3.8, 4) is 5.75 Å². The van der Waals surface area contributed by atoms with Gasteiger partial charge in [-0.2, -0.15) is 0 Å². The Kier molecular flexibility index (Phi) is 3.47. The van der Waals surface area contributed by atoms with E-state index in [-0.39, 0.29) is 17.5 Å². The SMILES string of the molecule is CC(=O)n1c(C=Nc2ccc(F)cc2)c(O)c2ccccc21. The third kappa shape index (κ3) is 2.37. The predicted molar refractivity (Wildman–Crippen MR) is 83.6 cm³/mol. The molecule has 5 heteroatoms. The molecule has 0 unspecified atom stereocenters. The van der Waals surface area contributed by atoms with E-state index in [1.54, 1.807) is 24.3 Å². The number of halogens is 1. The molecular formula is C17H13FN2O2. The second kappa shape index (κ2) is 5.44. The lowest BCUT2D eigenvalue weighted by Gasteiger charge is -2.02. The summed E-state index contributed by atoms with van der Waals surface area (Å²) in [6.45, 7) is 1.42. The van der Waals surface area contributed by atoms with Crippen molar-refractivity contribution >= 4 is 28.7 Å². The van der Waals surface area contributed by atoms with E-state index in [1.165, 1.54) is 42.0 Å². The second-order valence-electron chi connectivity index (χ2n) is 4.84. The van der Waals surface area contributed by atoms with Crippen molar-refractivity contribution in [1.29, 1.82) is 0 Å². The van der Waals surface area contributed by atoms with E-state index in [0.717, 1.165) is 0 Å². The normalized spacial score (nSPS) is 11.4. The molecule has 0 aliphatic rings. The van der Waals surface area contributed by atoms with Gasteiger partial charge < -0.3 is 5.11 Å². The standard InChI is InChI=1S/C17H13FN2O2/c1-11(21)20-15-5-3-2-4-14(15)17(22)16(20)10-19-13-8-6-12(18)7-9-13/h2-10,22H,1H3. The first-order chi connectivity index (χ1) is 10.6. The van der Waals surface area contributed by atoms with E-state index in [1.807, 2.05) is 0 Å². The van der Waals surface area contributed by atoms with E-state index in [2.05, 4.69) is 4.99 Å². The summed E-state index contributed by atoms with van der Waals surface area (Å²) in [5.74, 6) is -0.576. The third-order valence-corrected chi connectivity index (χ3v) is 3.36. The van der Waals surface area contributed by atoms with Gasteiger partial charge in [-0.1, -0.05) is 12.1 Å². The molecule has 0 aliphatic carbocycles. The molecular weight excluding hydrogens is 283 g/mol. The number of aromatic nitrogens is 1. The highest BCUT2D eigenvalue weighted by atomic mass is 19.1. The zero-order chi connectivity index (χ0) is 15.7. The van der Waals surface area contributed by atoms with Crippen LogP contribution in [0.1, 0.15) is 17.4 Å². The number of hydrogen-bond acceptors (Lipinski definition) is 3. The van der Waals surface area contributed by atoms with Crippen LogP contribution in [0.2, 0.25) is 0 Å². The minimum atomic E-state index is -0.348. The lowest BCUT2D eigenvalue weighted by atomic mass is 10.2. The number of para-hydroxylation sites is 1. The zero-order valence-electron chi connectivity index (χ0n) is 11.8. The summed E-state index contributed by atoms with van der Waals surface area (Å²) in [6.07, 6.45) is 1.41. The molecule has 1 heterocycles. The van der Waals surface area contributed by atoms with Gasteiger partial charge in [0.2, 0.25) is 5.91 Å². The number of aromatic hydroxyl groups is 1. The Hall–Kier alpha value is -2.95. The zero-order valence-corrected chi connectivity index (χ0v) is 11.8. The van der Waals surface area contributed by atoms with Crippen molar-refractivity contribution in [2.45, 2.75) is 6.92 Å². The summed E-state index contributed by atoms with van der Waals surface area (Å²) < 4.78 is 14.3. The van der Waals surface area contributed by atoms with Crippen LogP contribution in [0, 0.1) is 5.82 Å². The molecule has 2 aromatic carbocycles. The van der Waals surface area contributed by atoms with E-state index < -0.39 is 0 Å². The lowest BCUT2D eigenvalue weighted by molar-refractivity contribution is 0.0940. The maximum absolute atomic E-state index is 12.9. The van der Waals surface area contributed by atoms with Crippen molar-refractivity contribution in [2.75, 3.05) is 0 Å². The minimum Gasteiger partial charge on any atom is -0.505 e. The average Bonchev–Trinajstić information content (AvgIpc) is 2.80. The van der Waals surface area contributed by atoms with Crippen LogP contribution < -0.4 is 0 Å². The fourth-order valence-corrected chi connectivity index (χ4v) is 2.36. The molecule has 22 heavy (non-hydrogen) atoms. The number of hydrogen-bond donors (Lipinski definition) is 1. The molecule has 0 saturated carbocycles. The molecule has 3 rings (SSSR count). The summed E-state index contributed by atoms with van der Waals surface area (Å²) in [4.78, 5) is 16.1. The van der Waals surface area contributed by atoms with Crippen LogP contribution in [0.3, 0.4) is 0 Å². The first kappa shape index (κ1) is 14.0. The van der Waals surface area contributed by atoms with Gasteiger partial charge in [0.05, 0.1) is 17.4 Å². The summed E-state index contributed by atoms with van der Waals surface area (Å²) in [6, 6.07) is 12.7. The molecule has 0 spiro atoms. The second-order valence-corrected chi connectivity index (χ2v) is 4.84. The third-order valence-electron chi connectivity index (χ3n) is 3.36. The molecule has 3 aromatic rings. The molecule has 0 saturated heterocycles. The Morgan fingerprint density at radius 2 is 1.86 bits per heavy atom. The molecule has 1 N–H and O–H groups in total. The molecule has 110 valence electrons. The molecule has 0 atom stereocenters. The topological polar surface area (TPSA) is 54.6 Å². The molecule has 0 radical (unpaired) electrons. The van der Waals surface area contributed by atoms with Crippen LogP contribution in [0.25, 0.3) is 10.9 Å². The number of rotatable bonds is 2. The van der Waals surface area contributed by atoms with Crippen LogP contribution in [0.15, 0.2) is 53.5 Å². The highest BCUT2D eigenvalue weighted by molar-refractivity contribution is 6.04.